The highest BCUT2D eigenvalue weighted by molar-refractivity contribution is 5.94. The van der Waals surface area contributed by atoms with Gasteiger partial charge in [0.05, 0.1) is 26.3 Å². The maximum atomic E-state index is 5.64. The summed E-state index contributed by atoms with van der Waals surface area (Å²) < 4.78 is 16.5. The summed E-state index contributed by atoms with van der Waals surface area (Å²) >= 11 is 0. The minimum atomic E-state index is 0.196. The zero-order valence-corrected chi connectivity index (χ0v) is 15.1. The van der Waals surface area contributed by atoms with Crippen LogP contribution in [0, 0.1) is 6.92 Å². The Morgan fingerprint density at radius 3 is 2.65 bits per heavy atom. The van der Waals surface area contributed by atoms with E-state index in [1.165, 1.54) is 0 Å². The molecule has 0 N–H and O–H groups in total. The van der Waals surface area contributed by atoms with Crippen molar-refractivity contribution in [3.8, 4) is 11.5 Å². The Labute approximate surface area is 151 Å². The predicted molar refractivity (Wildman–Crippen MR) is 95.9 cm³/mol. The molecule has 0 radical (unpaired) electrons. The summed E-state index contributed by atoms with van der Waals surface area (Å²) in [5.74, 6) is 3.68. The van der Waals surface area contributed by atoms with E-state index in [0.29, 0.717) is 23.3 Å². The summed E-state index contributed by atoms with van der Waals surface area (Å²) in [6.45, 7) is 3.49. The Kier molecular flexibility index (Phi) is 4.32. The van der Waals surface area contributed by atoms with Crippen LogP contribution in [-0.2, 0) is 0 Å². The fraction of sp³-hybridized carbons (Fsp3) is 0.444. The first-order chi connectivity index (χ1) is 12.7. The van der Waals surface area contributed by atoms with Gasteiger partial charge in [0.25, 0.3) is 0 Å². The third-order valence-corrected chi connectivity index (χ3v) is 4.76. The van der Waals surface area contributed by atoms with E-state index in [0.717, 1.165) is 42.5 Å². The number of piperidine rings is 1. The van der Waals surface area contributed by atoms with Gasteiger partial charge in [-0.2, -0.15) is 5.10 Å². The van der Waals surface area contributed by atoms with E-state index in [4.69, 9.17) is 13.9 Å². The van der Waals surface area contributed by atoms with Gasteiger partial charge in [0, 0.05) is 30.8 Å². The SMILES string of the molecule is COc1cc2cnnc(N3CCCC(c4nnc(C)o4)C3)c2cc1OC. The van der Waals surface area contributed by atoms with Crippen molar-refractivity contribution in [1.82, 2.24) is 20.4 Å². The monoisotopic (exact) mass is 355 g/mol. The molecule has 2 aromatic heterocycles. The first-order valence-corrected chi connectivity index (χ1v) is 8.62. The third-order valence-electron chi connectivity index (χ3n) is 4.76. The average molecular weight is 355 g/mol. The van der Waals surface area contributed by atoms with E-state index in [1.54, 1.807) is 20.4 Å². The highest BCUT2D eigenvalue weighted by Crippen LogP contribution is 2.37. The maximum absolute atomic E-state index is 5.64. The van der Waals surface area contributed by atoms with Gasteiger partial charge in [0.1, 0.15) is 0 Å². The highest BCUT2D eigenvalue weighted by atomic mass is 16.5. The van der Waals surface area contributed by atoms with Gasteiger partial charge < -0.3 is 18.8 Å². The maximum Gasteiger partial charge on any atom is 0.221 e. The molecule has 0 aliphatic carbocycles. The summed E-state index contributed by atoms with van der Waals surface area (Å²) in [5, 5.41) is 18.7. The lowest BCUT2D eigenvalue weighted by atomic mass is 9.97. The topological polar surface area (TPSA) is 86.4 Å². The van der Waals surface area contributed by atoms with Crippen LogP contribution in [0.15, 0.2) is 22.7 Å². The van der Waals surface area contributed by atoms with E-state index >= 15 is 0 Å². The number of anilines is 1. The Hall–Kier alpha value is -2.90. The molecule has 1 saturated heterocycles. The van der Waals surface area contributed by atoms with Crippen LogP contribution in [0.3, 0.4) is 0 Å². The third kappa shape index (κ3) is 2.91. The van der Waals surface area contributed by atoms with Gasteiger partial charge in [0.15, 0.2) is 17.3 Å². The Morgan fingerprint density at radius 2 is 1.92 bits per heavy atom. The molecule has 0 bridgehead atoms. The van der Waals surface area contributed by atoms with Gasteiger partial charge in [-0.15, -0.1) is 15.3 Å². The summed E-state index contributed by atoms with van der Waals surface area (Å²) in [6, 6.07) is 3.88. The molecular weight excluding hydrogens is 334 g/mol. The second-order valence-electron chi connectivity index (χ2n) is 6.41. The molecule has 1 atom stereocenters. The van der Waals surface area contributed by atoms with Crippen molar-refractivity contribution < 1.29 is 13.9 Å². The summed E-state index contributed by atoms with van der Waals surface area (Å²) in [4.78, 5) is 2.23. The van der Waals surface area contributed by atoms with Crippen LogP contribution in [0.25, 0.3) is 10.8 Å². The molecule has 0 amide bonds. The van der Waals surface area contributed by atoms with Crippen molar-refractivity contribution in [2.24, 2.45) is 0 Å². The van der Waals surface area contributed by atoms with Gasteiger partial charge in [-0.05, 0) is 25.0 Å². The largest absolute Gasteiger partial charge is 0.493 e. The van der Waals surface area contributed by atoms with Crippen LogP contribution in [0.5, 0.6) is 11.5 Å². The molecule has 8 heteroatoms. The van der Waals surface area contributed by atoms with Crippen LogP contribution in [0.4, 0.5) is 5.82 Å². The normalized spacial score (nSPS) is 17.5. The van der Waals surface area contributed by atoms with Crippen LogP contribution in [-0.4, -0.2) is 47.7 Å². The number of ether oxygens (including phenoxy) is 2. The van der Waals surface area contributed by atoms with Crippen LogP contribution < -0.4 is 14.4 Å². The Balaban J connectivity index is 1.71. The first kappa shape index (κ1) is 16.6. The highest BCUT2D eigenvalue weighted by Gasteiger charge is 2.27. The number of hydrogen-bond donors (Lipinski definition) is 0. The first-order valence-electron chi connectivity index (χ1n) is 8.62. The van der Waals surface area contributed by atoms with Crippen molar-refractivity contribution in [2.45, 2.75) is 25.7 Å². The van der Waals surface area contributed by atoms with Crippen LogP contribution >= 0.6 is 0 Å². The van der Waals surface area contributed by atoms with E-state index in [1.807, 2.05) is 19.1 Å². The number of rotatable bonds is 4. The van der Waals surface area contributed by atoms with Crippen LogP contribution in [0.1, 0.15) is 30.5 Å². The Morgan fingerprint density at radius 1 is 1.12 bits per heavy atom. The fourth-order valence-corrected chi connectivity index (χ4v) is 3.48. The minimum absolute atomic E-state index is 0.196. The van der Waals surface area contributed by atoms with E-state index < -0.39 is 0 Å². The predicted octanol–water partition coefficient (Wildman–Crippen LogP) is 2.72. The van der Waals surface area contributed by atoms with Crippen molar-refractivity contribution in [1.29, 1.82) is 0 Å². The molecule has 1 aliphatic rings. The number of benzene rings is 1. The minimum Gasteiger partial charge on any atom is -0.493 e. The smallest absolute Gasteiger partial charge is 0.221 e. The number of hydrogen-bond acceptors (Lipinski definition) is 8. The quantitative estimate of drug-likeness (QED) is 0.706. The van der Waals surface area contributed by atoms with Crippen molar-refractivity contribution in [3.05, 3.63) is 30.1 Å². The van der Waals surface area contributed by atoms with Crippen LogP contribution in [0.2, 0.25) is 0 Å². The second-order valence-corrected chi connectivity index (χ2v) is 6.41. The number of fused-ring (bicyclic) bond motifs is 1. The molecule has 0 saturated carbocycles. The van der Waals surface area contributed by atoms with Crippen molar-refractivity contribution in [2.75, 3.05) is 32.2 Å². The van der Waals surface area contributed by atoms with Gasteiger partial charge in [-0.25, -0.2) is 0 Å². The van der Waals surface area contributed by atoms with E-state index in [9.17, 15) is 0 Å². The average Bonchev–Trinajstić information content (AvgIpc) is 3.12. The molecule has 4 rings (SSSR count). The Bertz CT molecular complexity index is 926. The summed E-state index contributed by atoms with van der Waals surface area (Å²) in [6.07, 6.45) is 3.79. The number of nitrogens with zero attached hydrogens (tertiary/aromatic N) is 5. The molecule has 1 unspecified atom stereocenters. The molecular formula is C18H21N5O3. The van der Waals surface area contributed by atoms with Gasteiger partial charge in [0.2, 0.25) is 11.8 Å². The summed E-state index contributed by atoms with van der Waals surface area (Å²) in [7, 11) is 3.26. The molecule has 3 aromatic rings. The zero-order chi connectivity index (χ0) is 18.1. The fourth-order valence-electron chi connectivity index (χ4n) is 3.48. The standard InChI is InChI=1S/C18H21N5O3/c1-11-20-22-18(26-11)12-5-4-6-23(10-12)17-14-8-16(25-3)15(24-2)7-13(14)9-19-21-17/h7-9,12H,4-6,10H2,1-3H3. The molecule has 136 valence electrons. The molecule has 1 aromatic carbocycles. The van der Waals surface area contributed by atoms with Crippen molar-refractivity contribution >= 4 is 16.6 Å². The summed E-state index contributed by atoms with van der Waals surface area (Å²) in [5.41, 5.74) is 0. The zero-order valence-electron chi connectivity index (χ0n) is 15.1. The second kappa shape index (κ2) is 6.78. The van der Waals surface area contributed by atoms with E-state index in [2.05, 4.69) is 25.3 Å². The number of aryl methyl sites for hydroxylation is 1. The van der Waals surface area contributed by atoms with Gasteiger partial charge >= 0.3 is 0 Å². The number of aromatic nitrogens is 4. The lowest BCUT2D eigenvalue weighted by Gasteiger charge is -2.32. The van der Waals surface area contributed by atoms with E-state index in [-0.39, 0.29) is 5.92 Å². The van der Waals surface area contributed by atoms with Gasteiger partial charge in [-0.1, -0.05) is 0 Å². The molecule has 1 aliphatic heterocycles. The lowest BCUT2D eigenvalue weighted by Crippen LogP contribution is -2.35. The molecule has 8 nitrogen and oxygen atoms in total. The number of methoxy groups -OCH3 is 2. The molecule has 0 spiro atoms. The van der Waals surface area contributed by atoms with Gasteiger partial charge in [-0.3, -0.25) is 0 Å². The van der Waals surface area contributed by atoms with Crippen molar-refractivity contribution in [3.63, 3.8) is 0 Å². The molecule has 3 heterocycles. The molecule has 1 fully saturated rings. The molecule has 26 heavy (non-hydrogen) atoms. The lowest BCUT2D eigenvalue weighted by molar-refractivity contribution is 0.356.